The number of carbonyl (C=O) groups is 1. The zero-order valence-electron chi connectivity index (χ0n) is 16.3. The third-order valence-corrected chi connectivity index (χ3v) is 6.15. The Kier molecular flexibility index (Phi) is 10.3. The van der Waals surface area contributed by atoms with E-state index in [1.165, 1.54) is 12.1 Å². The monoisotopic (exact) mass is 464 g/mol. The van der Waals surface area contributed by atoms with Crippen LogP contribution in [0.3, 0.4) is 0 Å². The van der Waals surface area contributed by atoms with E-state index in [4.69, 9.17) is 0 Å². The summed E-state index contributed by atoms with van der Waals surface area (Å²) in [7, 11) is -3.64. The average molecular weight is 465 g/mol. The van der Waals surface area contributed by atoms with Crippen molar-refractivity contribution < 1.29 is 17.6 Å². The van der Waals surface area contributed by atoms with Crippen molar-refractivity contribution in [3.05, 3.63) is 28.5 Å². The smallest absolute Gasteiger partial charge is 0.232 e. The van der Waals surface area contributed by atoms with Gasteiger partial charge >= 0.3 is 0 Å². The minimum Gasteiger partial charge on any atom is -0.356 e. The summed E-state index contributed by atoms with van der Waals surface area (Å²) >= 11 is 3.16. The van der Waals surface area contributed by atoms with Gasteiger partial charge in [-0.2, -0.15) is 0 Å². The lowest BCUT2D eigenvalue weighted by Gasteiger charge is -2.23. The summed E-state index contributed by atoms with van der Waals surface area (Å²) in [6, 6.07) is 4.23. The summed E-state index contributed by atoms with van der Waals surface area (Å²) < 4.78 is 39.8. The number of carbonyl (C=O) groups excluding carboxylic acids is 1. The van der Waals surface area contributed by atoms with Gasteiger partial charge in [0.2, 0.25) is 15.9 Å². The summed E-state index contributed by atoms with van der Waals surface area (Å²) in [6.07, 6.45) is 5.96. The molecule has 1 rings (SSSR count). The van der Waals surface area contributed by atoms with E-state index in [9.17, 15) is 17.6 Å². The fraction of sp³-hybridized carbons (Fsp3) is 0.632. The largest absolute Gasteiger partial charge is 0.356 e. The van der Waals surface area contributed by atoms with E-state index in [0.29, 0.717) is 23.4 Å². The molecule has 5 nitrogen and oxygen atoms in total. The van der Waals surface area contributed by atoms with E-state index in [1.54, 1.807) is 6.07 Å². The van der Waals surface area contributed by atoms with Crippen LogP contribution in [-0.2, 0) is 14.8 Å². The molecule has 27 heavy (non-hydrogen) atoms. The molecule has 1 aromatic rings. The third kappa shape index (κ3) is 8.60. The highest BCUT2D eigenvalue weighted by Gasteiger charge is 2.21. The molecule has 1 N–H and O–H groups in total. The Morgan fingerprint density at radius 3 is 2.56 bits per heavy atom. The van der Waals surface area contributed by atoms with Crippen molar-refractivity contribution in [1.82, 2.24) is 5.32 Å². The molecule has 1 aromatic carbocycles. The summed E-state index contributed by atoms with van der Waals surface area (Å²) in [6.45, 7) is 4.96. The van der Waals surface area contributed by atoms with Crippen LogP contribution in [0.5, 0.6) is 0 Å². The number of nitrogens with one attached hydrogen (secondary N) is 1. The molecule has 0 aliphatic carbocycles. The van der Waals surface area contributed by atoms with Crippen LogP contribution in [0, 0.1) is 11.7 Å². The van der Waals surface area contributed by atoms with Crippen LogP contribution in [0.4, 0.5) is 10.1 Å². The summed E-state index contributed by atoms with van der Waals surface area (Å²) in [5, 5.41) is 2.93. The van der Waals surface area contributed by atoms with E-state index in [0.717, 1.165) is 36.2 Å². The van der Waals surface area contributed by atoms with E-state index in [2.05, 4.69) is 35.1 Å². The second-order valence-corrected chi connectivity index (χ2v) is 9.58. The molecular weight excluding hydrogens is 435 g/mol. The molecule has 0 bridgehead atoms. The minimum atomic E-state index is -3.64. The second-order valence-electron chi connectivity index (χ2n) is 6.75. The molecule has 154 valence electrons. The zero-order chi connectivity index (χ0) is 20.4. The molecule has 0 radical (unpaired) electrons. The minimum absolute atomic E-state index is 0.00767. The zero-order valence-corrected chi connectivity index (χ0v) is 18.7. The maximum Gasteiger partial charge on any atom is 0.232 e. The SMILES string of the molecule is CCCC[C@H](CC)CNC(=O)CCCN(c1ccc(Br)cc1F)S(C)(=O)=O. The number of hydrogen-bond acceptors (Lipinski definition) is 3. The number of hydrogen-bond donors (Lipinski definition) is 1. The van der Waals surface area contributed by atoms with Crippen molar-refractivity contribution in [3.63, 3.8) is 0 Å². The van der Waals surface area contributed by atoms with Gasteiger partial charge in [0.1, 0.15) is 5.82 Å². The number of halogens is 2. The van der Waals surface area contributed by atoms with Gasteiger partial charge in [-0.15, -0.1) is 0 Å². The Bertz CT molecular complexity index is 713. The summed E-state index contributed by atoms with van der Waals surface area (Å²) in [5.74, 6) is -0.256. The van der Waals surface area contributed by atoms with Gasteiger partial charge in [-0.3, -0.25) is 9.10 Å². The lowest BCUT2D eigenvalue weighted by molar-refractivity contribution is -0.121. The molecule has 0 aliphatic rings. The van der Waals surface area contributed by atoms with Gasteiger partial charge in [0, 0.05) is 24.0 Å². The predicted molar refractivity (Wildman–Crippen MR) is 112 cm³/mol. The van der Waals surface area contributed by atoms with Crippen LogP contribution in [0.15, 0.2) is 22.7 Å². The van der Waals surface area contributed by atoms with Crippen molar-refractivity contribution in [2.45, 2.75) is 52.4 Å². The molecule has 1 amide bonds. The molecule has 0 heterocycles. The molecule has 0 aliphatic heterocycles. The lowest BCUT2D eigenvalue weighted by Crippen LogP contribution is -2.33. The molecule has 1 atom stereocenters. The Morgan fingerprint density at radius 2 is 2.00 bits per heavy atom. The van der Waals surface area contributed by atoms with Crippen molar-refractivity contribution in [1.29, 1.82) is 0 Å². The maximum atomic E-state index is 14.2. The average Bonchev–Trinajstić information content (AvgIpc) is 2.59. The maximum absolute atomic E-state index is 14.2. The van der Waals surface area contributed by atoms with Crippen LogP contribution in [0.2, 0.25) is 0 Å². The quantitative estimate of drug-likeness (QED) is 0.496. The van der Waals surface area contributed by atoms with Crippen molar-refractivity contribution >= 4 is 37.5 Å². The van der Waals surface area contributed by atoms with Crippen LogP contribution in [0.1, 0.15) is 52.4 Å². The van der Waals surface area contributed by atoms with Crippen molar-refractivity contribution in [2.24, 2.45) is 5.92 Å². The second kappa shape index (κ2) is 11.6. The first-order valence-corrected chi connectivity index (χ1v) is 12.0. The van der Waals surface area contributed by atoms with E-state index in [-0.39, 0.29) is 24.6 Å². The fourth-order valence-electron chi connectivity index (χ4n) is 2.82. The molecule has 0 saturated carbocycles. The first-order chi connectivity index (χ1) is 12.7. The standard InChI is InChI=1S/C19H30BrFN2O3S/c1-4-6-8-15(5-2)14-22-19(24)9-7-12-23(27(3,25)26)18-11-10-16(20)13-17(18)21/h10-11,13,15H,4-9,12,14H2,1-3H3,(H,22,24)/t15-/m0/s1. The third-order valence-electron chi connectivity index (χ3n) is 4.47. The Labute approximate surface area is 170 Å². The number of sulfonamides is 1. The van der Waals surface area contributed by atoms with Crippen LogP contribution in [0.25, 0.3) is 0 Å². The van der Waals surface area contributed by atoms with Gasteiger partial charge in [-0.05, 0) is 37.0 Å². The number of rotatable bonds is 12. The highest BCUT2D eigenvalue weighted by atomic mass is 79.9. The van der Waals surface area contributed by atoms with Gasteiger partial charge in [0.15, 0.2) is 0 Å². The molecule has 8 heteroatoms. The highest BCUT2D eigenvalue weighted by molar-refractivity contribution is 9.10. The fourth-order valence-corrected chi connectivity index (χ4v) is 4.12. The van der Waals surface area contributed by atoms with Gasteiger partial charge in [0.25, 0.3) is 0 Å². The molecule has 0 aromatic heterocycles. The summed E-state index contributed by atoms with van der Waals surface area (Å²) in [4.78, 5) is 12.1. The van der Waals surface area contributed by atoms with Gasteiger partial charge in [0.05, 0.1) is 11.9 Å². The number of benzene rings is 1. The first-order valence-electron chi connectivity index (χ1n) is 9.38. The van der Waals surface area contributed by atoms with Crippen LogP contribution < -0.4 is 9.62 Å². The predicted octanol–water partition coefficient (Wildman–Crippen LogP) is 4.47. The first kappa shape index (κ1) is 23.9. The molecule has 0 fully saturated rings. The Balaban J connectivity index is 2.58. The Morgan fingerprint density at radius 1 is 1.30 bits per heavy atom. The topological polar surface area (TPSA) is 66.5 Å². The number of anilines is 1. The summed E-state index contributed by atoms with van der Waals surface area (Å²) in [5.41, 5.74) is -0.00767. The van der Waals surface area contributed by atoms with Gasteiger partial charge < -0.3 is 5.32 Å². The number of amides is 1. The van der Waals surface area contributed by atoms with Gasteiger partial charge in [-0.1, -0.05) is 49.0 Å². The van der Waals surface area contributed by atoms with E-state index >= 15 is 0 Å². The molecule has 0 saturated heterocycles. The Hall–Kier alpha value is -1.15. The molecular formula is C19H30BrFN2O3S. The molecule has 0 spiro atoms. The van der Waals surface area contributed by atoms with Gasteiger partial charge in [-0.25, -0.2) is 12.8 Å². The lowest BCUT2D eigenvalue weighted by atomic mass is 9.99. The van der Waals surface area contributed by atoms with Crippen LogP contribution >= 0.6 is 15.9 Å². The normalized spacial score (nSPS) is 12.6. The van der Waals surface area contributed by atoms with Crippen molar-refractivity contribution in [2.75, 3.05) is 23.7 Å². The highest BCUT2D eigenvalue weighted by Crippen LogP contribution is 2.25. The molecule has 0 unspecified atom stereocenters. The number of unbranched alkanes of at least 4 members (excludes halogenated alkanes) is 1. The van der Waals surface area contributed by atoms with Crippen molar-refractivity contribution in [3.8, 4) is 0 Å². The van der Waals surface area contributed by atoms with Crippen LogP contribution in [-0.4, -0.2) is 33.7 Å². The van der Waals surface area contributed by atoms with E-state index < -0.39 is 15.8 Å². The van der Waals surface area contributed by atoms with E-state index in [1.807, 2.05) is 0 Å². The number of nitrogens with zero attached hydrogens (tertiary/aromatic N) is 1.